The summed E-state index contributed by atoms with van der Waals surface area (Å²) in [7, 11) is 0. The van der Waals surface area contributed by atoms with Crippen LogP contribution in [0.25, 0.3) is 0 Å². The van der Waals surface area contributed by atoms with E-state index in [1.807, 2.05) is 35.8 Å². The molecule has 150 valence electrons. The number of thioether (sulfide) groups is 2. The van der Waals surface area contributed by atoms with E-state index in [1.165, 1.54) is 21.6 Å². The number of aromatic nitrogens is 1. The summed E-state index contributed by atoms with van der Waals surface area (Å²) in [6.07, 6.45) is 1.91. The van der Waals surface area contributed by atoms with Gasteiger partial charge in [0, 0.05) is 16.8 Å². The SMILES string of the molecule is CCSCc1ncccc1SC(c1ccccc1)(c1ccccc1)c1ccccc1. The summed E-state index contributed by atoms with van der Waals surface area (Å²) in [5.41, 5.74) is 4.96. The van der Waals surface area contributed by atoms with Crippen molar-refractivity contribution in [3.05, 3.63) is 132 Å². The molecule has 0 spiro atoms. The number of hydrogen-bond donors (Lipinski definition) is 0. The van der Waals surface area contributed by atoms with Crippen molar-refractivity contribution in [3.63, 3.8) is 0 Å². The zero-order valence-corrected chi connectivity index (χ0v) is 18.7. The normalized spacial score (nSPS) is 11.4. The van der Waals surface area contributed by atoms with Crippen LogP contribution in [0.15, 0.2) is 114 Å². The third-order valence-electron chi connectivity index (χ3n) is 5.10. The molecular weight excluding hydrogens is 402 g/mol. The van der Waals surface area contributed by atoms with Gasteiger partial charge in [-0.2, -0.15) is 11.8 Å². The second-order valence-electron chi connectivity index (χ2n) is 6.97. The van der Waals surface area contributed by atoms with Crippen LogP contribution in [0.5, 0.6) is 0 Å². The average Bonchev–Trinajstić information content (AvgIpc) is 2.83. The molecular formula is C27H25NS2. The monoisotopic (exact) mass is 427 g/mol. The van der Waals surface area contributed by atoms with Crippen molar-refractivity contribution in [2.45, 2.75) is 22.3 Å². The van der Waals surface area contributed by atoms with Crippen LogP contribution >= 0.6 is 23.5 Å². The fourth-order valence-corrected chi connectivity index (χ4v) is 5.88. The van der Waals surface area contributed by atoms with E-state index in [0.717, 1.165) is 17.2 Å². The molecule has 3 aromatic carbocycles. The van der Waals surface area contributed by atoms with E-state index >= 15 is 0 Å². The van der Waals surface area contributed by atoms with Gasteiger partial charge in [-0.15, -0.1) is 11.8 Å². The van der Waals surface area contributed by atoms with E-state index in [-0.39, 0.29) is 4.75 Å². The van der Waals surface area contributed by atoms with Crippen molar-refractivity contribution >= 4 is 23.5 Å². The Kier molecular flexibility index (Phi) is 6.93. The summed E-state index contributed by atoms with van der Waals surface area (Å²) < 4.78 is -0.363. The Morgan fingerprint density at radius 1 is 0.667 bits per heavy atom. The summed E-state index contributed by atoms with van der Waals surface area (Å²) in [6.45, 7) is 2.20. The highest BCUT2D eigenvalue weighted by molar-refractivity contribution is 8.01. The topological polar surface area (TPSA) is 12.9 Å². The maximum absolute atomic E-state index is 4.74. The molecule has 0 aliphatic heterocycles. The van der Waals surface area contributed by atoms with E-state index in [2.05, 4.69) is 104 Å². The zero-order valence-electron chi connectivity index (χ0n) is 17.1. The summed E-state index contributed by atoms with van der Waals surface area (Å²) in [6, 6.07) is 36.8. The number of benzene rings is 3. The summed E-state index contributed by atoms with van der Waals surface area (Å²) in [5.74, 6) is 2.01. The second-order valence-corrected chi connectivity index (χ2v) is 9.50. The molecule has 4 rings (SSSR count). The highest BCUT2D eigenvalue weighted by atomic mass is 32.2. The molecule has 1 aromatic heterocycles. The first-order valence-corrected chi connectivity index (χ1v) is 12.2. The Bertz CT molecular complexity index is 953. The average molecular weight is 428 g/mol. The van der Waals surface area contributed by atoms with E-state index in [0.29, 0.717) is 0 Å². The van der Waals surface area contributed by atoms with Crippen LogP contribution in [0.2, 0.25) is 0 Å². The predicted molar refractivity (Wildman–Crippen MR) is 131 cm³/mol. The van der Waals surface area contributed by atoms with Crippen LogP contribution in [0.3, 0.4) is 0 Å². The third kappa shape index (κ3) is 4.33. The Hall–Kier alpha value is -2.49. The number of rotatable bonds is 8. The molecule has 0 atom stereocenters. The largest absolute Gasteiger partial charge is 0.259 e. The first-order valence-electron chi connectivity index (χ1n) is 10.2. The van der Waals surface area contributed by atoms with Crippen LogP contribution in [0, 0.1) is 0 Å². The van der Waals surface area contributed by atoms with Crippen LogP contribution in [-0.2, 0) is 10.5 Å². The van der Waals surface area contributed by atoms with Crippen LogP contribution in [0.4, 0.5) is 0 Å². The smallest absolute Gasteiger partial charge is 0.0954 e. The van der Waals surface area contributed by atoms with Crippen molar-refractivity contribution in [1.82, 2.24) is 4.98 Å². The molecule has 0 aliphatic rings. The first kappa shape index (κ1) is 20.8. The van der Waals surface area contributed by atoms with Gasteiger partial charge >= 0.3 is 0 Å². The van der Waals surface area contributed by atoms with Crippen molar-refractivity contribution in [1.29, 1.82) is 0 Å². The van der Waals surface area contributed by atoms with E-state index < -0.39 is 0 Å². The van der Waals surface area contributed by atoms with Gasteiger partial charge in [-0.05, 0) is 34.6 Å². The molecule has 0 radical (unpaired) electrons. The molecule has 30 heavy (non-hydrogen) atoms. The van der Waals surface area contributed by atoms with Crippen molar-refractivity contribution in [2.75, 3.05) is 5.75 Å². The molecule has 1 heterocycles. The van der Waals surface area contributed by atoms with Gasteiger partial charge < -0.3 is 0 Å². The summed E-state index contributed by atoms with van der Waals surface area (Å²) in [5, 5.41) is 0. The van der Waals surface area contributed by atoms with Gasteiger partial charge in [0.25, 0.3) is 0 Å². The van der Waals surface area contributed by atoms with Gasteiger partial charge in [-0.25, -0.2) is 0 Å². The van der Waals surface area contributed by atoms with E-state index in [9.17, 15) is 0 Å². The lowest BCUT2D eigenvalue weighted by Gasteiger charge is -2.35. The standard InChI is InChI=1S/C27H25NS2/c1-2-29-21-25-26(19-12-20-28-25)30-27(22-13-6-3-7-14-22,23-15-8-4-9-16-23)24-17-10-5-11-18-24/h3-20H,2,21H2,1H3. The molecule has 4 aromatic rings. The fraction of sp³-hybridized carbons (Fsp3) is 0.148. The molecule has 0 unspecified atom stereocenters. The molecule has 0 bridgehead atoms. The first-order chi connectivity index (χ1) is 14.8. The molecule has 0 amide bonds. The Balaban J connectivity index is 1.95. The Morgan fingerprint density at radius 2 is 1.17 bits per heavy atom. The van der Waals surface area contributed by atoms with Gasteiger partial charge in [0.05, 0.1) is 10.4 Å². The second kappa shape index (κ2) is 10.0. The molecule has 0 saturated carbocycles. The quantitative estimate of drug-likeness (QED) is 0.214. The zero-order chi connectivity index (χ0) is 20.7. The maximum atomic E-state index is 4.74. The van der Waals surface area contributed by atoms with Crippen molar-refractivity contribution in [3.8, 4) is 0 Å². The molecule has 1 nitrogen and oxygen atoms in total. The Labute approximate surface area is 188 Å². The highest BCUT2D eigenvalue weighted by Crippen LogP contribution is 2.52. The molecule has 0 aliphatic carbocycles. The van der Waals surface area contributed by atoms with E-state index in [4.69, 9.17) is 4.98 Å². The van der Waals surface area contributed by atoms with Gasteiger partial charge in [0.2, 0.25) is 0 Å². The lowest BCUT2D eigenvalue weighted by molar-refractivity contribution is 0.890. The number of nitrogens with zero attached hydrogens (tertiary/aromatic N) is 1. The molecule has 0 N–H and O–H groups in total. The lowest BCUT2D eigenvalue weighted by atomic mass is 9.84. The third-order valence-corrected chi connectivity index (χ3v) is 7.59. The minimum absolute atomic E-state index is 0.363. The van der Waals surface area contributed by atoms with Gasteiger partial charge in [0.1, 0.15) is 0 Å². The predicted octanol–water partition coefficient (Wildman–Crippen LogP) is 7.42. The van der Waals surface area contributed by atoms with Gasteiger partial charge in [-0.3, -0.25) is 4.98 Å². The summed E-state index contributed by atoms with van der Waals surface area (Å²) in [4.78, 5) is 5.97. The summed E-state index contributed by atoms with van der Waals surface area (Å²) >= 11 is 3.81. The highest BCUT2D eigenvalue weighted by Gasteiger charge is 2.38. The fourth-order valence-electron chi connectivity index (χ4n) is 3.68. The van der Waals surface area contributed by atoms with Crippen molar-refractivity contribution < 1.29 is 0 Å². The van der Waals surface area contributed by atoms with E-state index in [1.54, 1.807) is 0 Å². The number of pyridine rings is 1. The minimum atomic E-state index is -0.363. The maximum Gasteiger partial charge on any atom is 0.0954 e. The lowest BCUT2D eigenvalue weighted by Crippen LogP contribution is -2.25. The molecule has 0 fully saturated rings. The van der Waals surface area contributed by atoms with Crippen LogP contribution in [-0.4, -0.2) is 10.7 Å². The van der Waals surface area contributed by atoms with Crippen LogP contribution < -0.4 is 0 Å². The van der Waals surface area contributed by atoms with Gasteiger partial charge in [0.15, 0.2) is 0 Å². The Morgan fingerprint density at radius 3 is 1.63 bits per heavy atom. The van der Waals surface area contributed by atoms with Crippen molar-refractivity contribution in [2.24, 2.45) is 0 Å². The molecule has 0 saturated heterocycles. The number of hydrogen-bond acceptors (Lipinski definition) is 3. The van der Waals surface area contributed by atoms with Gasteiger partial charge in [-0.1, -0.05) is 97.9 Å². The van der Waals surface area contributed by atoms with Crippen LogP contribution in [0.1, 0.15) is 29.3 Å². The minimum Gasteiger partial charge on any atom is -0.259 e. The molecule has 3 heteroatoms.